The maximum atomic E-state index is 12.8. The summed E-state index contributed by atoms with van der Waals surface area (Å²) in [5.74, 6) is -1.32. The van der Waals surface area contributed by atoms with E-state index < -0.39 is 17.8 Å². The van der Waals surface area contributed by atoms with Crippen LogP contribution in [0, 0.1) is 0 Å². The molecule has 0 saturated heterocycles. The molecule has 0 radical (unpaired) electrons. The van der Waals surface area contributed by atoms with E-state index in [-0.39, 0.29) is 13.2 Å². The van der Waals surface area contributed by atoms with Crippen LogP contribution in [0.4, 0.5) is 0 Å². The molecule has 1 amide bonds. The van der Waals surface area contributed by atoms with Gasteiger partial charge in [0.05, 0.1) is 29.5 Å². The molecule has 0 aliphatic carbocycles. The van der Waals surface area contributed by atoms with Crippen LogP contribution in [0.1, 0.15) is 27.6 Å². The Kier molecular flexibility index (Phi) is 7.07. The van der Waals surface area contributed by atoms with Gasteiger partial charge in [-0.3, -0.25) is 9.59 Å². The van der Waals surface area contributed by atoms with Gasteiger partial charge in [-0.25, -0.2) is 4.79 Å². The van der Waals surface area contributed by atoms with Gasteiger partial charge in [-0.2, -0.15) is 4.99 Å². The van der Waals surface area contributed by atoms with Crippen molar-refractivity contribution in [1.29, 1.82) is 0 Å². The van der Waals surface area contributed by atoms with Crippen molar-refractivity contribution in [3.8, 4) is 0 Å². The lowest BCUT2D eigenvalue weighted by atomic mass is 10.2. The van der Waals surface area contributed by atoms with E-state index in [2.05, 4.69) is 4.99 Å². The Hall–Kier alpha value is -2.91. The van der Waals surface area contributed by atoms with Crippen LogP contribution in [0.25, 0.3) is 10.2 Å². The van der Waals surface area contributed by atoms with E-state index in [1.54, 1.807) is 47.9 Å². The van der Waals surface area contributed by atoms with E-state index in [9.17, 15) is 14.4 Å². The predicted octanol–water partition coefficient (Wildman–Crippen LogP) is 3.52. The van der Waals surface area contributed by atoms with Crippen molar-refractivity contribution in [1.82, 2.24) is 4.57 Å². The number of amides is 1. The number of carbonyl (C=O) groups is 3. The molecule has 0 N–H and O–H groups in total. The molecule has 2 aromatic carbocycles. The number of thiazole rings is 1. The number of ether oxygens (including phenoxy) is 2. The van der Waals surface area contributed by atoms with Crippen LogP contribution in [0.5, 0.6) is 0 Å². The summed E-state index contributed by atoms with van der Waals surface area (Å²) < 4.78 is 12.1. The van der Waals surface area contributed by atoms with Crippen LogP contribution in [-0.4, -0.2) is 42.4 Å². The van der Waals surface area contributed by atoms with E-state index in [4.69, 9.17) is 9.47 Å². The highest BCUT2D eigenvalue weighted by Gasteiger charge is 2.15. The Morgan fingerprint density at radius 3 is 2.63 bits per heavy atom. The summed E-state index contributed by atoms with van der Waals surface area (Å²) in [4.78, 5) is 42.3. The highest BCUT2D eigenvalue weighted by molar-refractivity contribution is 7.98. The molecule has 7 nitrogen and oxygen atoms in total. The summed E-state index contributed by atoms with van der Waals surface area (Å²) in [5.41, 5.74) is 1.51. The van der Waals surface area contributed by atoms with Crippen LogP contribution < -0.4 is 4.80 Å². The van der Waals surface area contributed by atoms with E-state index >= 15 is 0 Å². The Balaban J connectivity index is 2.11. The number of hydrogen-bond donors (Lipinski definition) is 0. The van der Waals surface area contributed by atoms with Gasteiger partial charge in [-0.15, -0.1) is 11.8 Å². The molecule has 0 unspecified atom stereocenters. The van der Waals surface area contributed by atoms with Crippen molar-refractivity contribution >= 4 is 51.2 Å². The van der Waals surface area contributed by atoms with Crippen molar-refractivity contribution < 1.29 is 23.9 Å². The minimum atomic E-state index is -0.470. The molecule has 0 saturated carbocycles. The van der Waals surface area contributed by atoms with E-state index in [1.807, 2.05) is 12.3 Å². The van der Waals surface area contributed by atoms with Crippen LogP contribution in [-0.2, 0) is 20.8 Å². The molecule has 30 heavy (non-hydrogen) atoms. The molecular formula is C21H20N2O5S2. The second-order valence-corrected chi connectivity index (χ2v) is 7.99. The smallest absolute Gasteiger partial charge is 0.338 e. The number of aromatic nitrogens is 1. The number of esters is 2. The van der Waals surface area contributed by atoms with Gasteiger partial charge < -0.3 is 14.0 Å². The van der Waals surface area contributed by atoms with Crippen LogP contribution >= 0.6 is 23.1 Å². The number of fused-ring (bicyclic) bond motifs is 1. The quantitative estimate of drug-likeness (QED) is 0.427. The summed E-state index contributed by atoms with van der Waals surface area (Å²) in [6, 6.07) is 12.2. The molecule has 9 heteroatoms. The maximum Gasteiger partial charge on any atom is 0.338 e. The van der Waals surface area contributed by atoms with Crippen molar-refractivity contribution in [3.05, 3.63) is 58.4 Å². The van der Waals surface area contributed by atoms with Crippen molar-refractivity contribution in [3.63, 3.8) is 0 Å². The van der Waals surface area contributed by atoms with E-state index in [0.717, 1.165) is 4.90 Å². The monoisotopic (exact) mass is 444 g/mol. The number of thioether (sulfide) groups is 1. The van der Waals surface area contributed by atoms with Gasteiger partial charge in [0, 0.05) is 10.5 Å². The standard InChI is InChI=1S/C21H20N2O5S2/c1-4-28-20(26)14-8-9-16-17(11-14)30-21(23(16)12-18(24)27-2)22-19(25)13-6-5-7-15(10-13)29-3/h5-11H,4,12H2,1-3H3. The third-order valence-electron chi connectivity index (χ3n) is 4.22. The first-order valence-electron chi connectivity index (χ1n) is 9.07. The zero-order valence-electron chi connectivity index (χ0n) is 16.7. The molecule has 0 fully saturated rings. The molecule has 156 valence electrons. The van der Waals surface area contributed by atoms with Crippen LogP contribution in [0.3, 0.4) is 0 Å². The molecule has 0 spiro atoms. The third kappa shape index (κ3) is 4.80. The van der Waals surface area contributed by atoms with Gasteiger partial charge in [0.25, 0.3) is 5.91 Å². The molecule has 3 aromatic rings. The van der Waals surface area contributed by atoms with Gasteiger partial charge in [0.15, 0.2) is 4.80 Å². The summed E-state index contributed by atoms with van der Waals surface area (Å²) in [6.07, 6.45) is 1.93. The van der Waals surface area contributed by atoms with Crippen LogP contribution in [0.2, 0.25) is 0 Å². The number of carbonyl (C=O) groups excluding carboxylic acids is 3. The average molecular weight is 445 g/mol. The molecular weight excluding hydrogens is 424 g/mol. The lowest BCUT2D eigenvalue weighted by Crippen LogP contribution is -2.22. The minimum Gasteiger partial charge on any atom is -0.468 e. The van der Waals surface area contributed by atoms with Gasteiger partial charge in [-0.05, 0) is 49.6 Å². The van der Waals surface area contributed by atoms with Crippen molar-refractivity contribution in [2.45, 2.75) is 18.4 Å². The largest absolute Gasteiger partial charge is 0.468 e. The number of rotatable bonds is 6. The zero-order chi connectivity index (χ0) is 21.7. The number of benzene rings is 2. The molecule has 0 bridgehead atoms. The summed E-state index contributed by atoms with van der Waals surface area (Å²) in [6.45, 7) is 1.90. The number of hydrogen-bond acceptors (Lipinski definition) is 7. The summed E-state index contributed by atoms with van der Waals surface area (Å²) >= 11 is 2.75. The fraction of sp³-hybridized carbons (Fsp3) is 0.238. The number of nitrogens with zero attached hydrogens (tertiary/aromatic N) is 2. The van der Waals surface area contributed by atoms with Gasteiger partial charge in [0.1, 0.15) is 6.54 Å². The second-order valence-electron chi connectivity index (χ2n) is 6.10. The fourth-order valence-corrected chi connectivity index (χ4v) is 4.28. The van der Waals surface area contributed by atoms with Crippen molar-refractivity contribution in [2.24, 2.45) is 4.99 Å². The normalized spacial score (nSPS) is 11.5. The molecule has 1 heterocycles. The maximum absolute atomic E-state index is 12.8. The first-order chi connectivity index (χ1) is 14.5. The Morgan fingerprint density at radius 2 is 1.93 bits per heavy atom. The molecule has 0 atom stereocenters. The molecule has 3 rings (SSSR count). The van der Waals surface area contributed by atoms with Crippen molar-refractivity contribution in [2.75, 3.05) is 20.0 Å². The minimum absolute atomic E-state index is 0.105. The third-order valence-corrected chi connectivity index (χ3v) is 5.99. The highest BCUT2D eigenvalue weighted by atomic mass is 32.2. The predicted molar refractivity (Wildman–Crippen MR) is 116 cm³/mol. The van der Waals surface area contributed by atoms with Gasteiger partial charge in [0.2, 0.25) is 0 Å². The lowest BCUT2D eigenvalue weighted by molar-refractivity contribution is -0.141. The second kappa shape index (κ2) is 9.73. The Bertz CT molecular complexity index is 1180. The zero-order valence-corrected chi connectivity index (χ0v) is 18.3. The van der Waals surface area contributed by atoms with E-state index in [0.29, 0.717) is 26.1 Å². The summed E-state index contributed by atoms with van der Waals surface area (Å²) in [5, 5.41) is 0. The van der Waals surface area contributed by atoms with E-state index in [1.165, 1.54) is 30.2 Å². The molecule has 0 aliphatic rings. The van der Waals surface area contributed by atoms with Crippen LogP contribution in [0.15, 0.2) is 52.4 Å². The van der Waals surface area contributed by atoms with Gasteiger partial charge in [-0.1, -0.05) is 17.4 Å². The fourth-order valence-electron chi connectivity index (χ4n) is 2.75. The van der Waals surface area contributed by atoms with Gasteiger partial charge >= 0.3 is 11.9 Å². The Morgan fingerprint density at radius 1 is 1.13 bits per heavy atom. The topological polar surface area (TPSA) is 87.0 Å². The highest BCUT2D eigenvalue weighted by Crippen LogP contribution is 2.21. The molecule has 0 aliphatic heterocycles. The molecule has 1 aromatic heterocycles. The summed E-state index contributed by atoms with van der Waals surface area (Å²) in [7, 11) is 1.30. The lowest BCUT2D eigenvalue weighted by Gasteiger charge is -2.05. The first kappa shape index (κ1) is 21.8. The Labute approximate surface area is 181 Å². The SMILES string of the molecule is CCOC(=O)c1ccc2c(c1)sc(=NC(=O)c1cccc(SC)c1)n2CC(=O)OC. The number of methoxy groups -OCH3 is 1. The first-order valence-corrected chi connectivity index (χ1v) is 11.1. The average Bonchev–Trinajstić information content (AvgIpc) is 3.09.